The maximum Gasteiger partial charge on any atom is 0.246 e. The molecule has 120 valence electrons. The average molecular weight is 322 g/mol. The van der Waals surface area contributed by atoms with Crippen molar-refractivity contribution in [1.29, 1.82) is 0 Å². The molecular formula is C16H14N6O2. The molecule has 1 saturated heterocycles. The highest BCUT2D eigenvalue weighted by Crippen LogP contribution is 2.21. The first-order valence-corrected chi connectivity index (χ1v) is 7.57. The van der Waals surface area contributed by atoms with Crippen molar-refractivity contribution in [3.63, 3.8) is 0 Å². The van der Waals surface area contributed by atoms with Crippen LogP contribution in [0.25, 0.3) is 16.9 Å². The van der Waals surface area contributed by atoms with E-state index in [1.165, 1.54) is 6.33 Å². The molecule has 0 aliphatic carbocycles. The molecular weight excluding hydrogens is 308 g/mol. The van der Waals surface area contributed by atoms with Crippen LogP contribution in [0, 0.1) is 0 Å². The number of amides is 2. The third-order valence-electron chi connectivity index (χ3n) is 3.90. The van der Waals surface area contributed by atoms with E-state index in [1.807, 2.05) is 30.3 Å². The number of carbonyl (C=O) groups is 2. The fourth-order valence-electron chi connectivity index (χ4n) is 2.68. The Kier molecular flexibility index (Phi) is 3.42. The van der Waals surface area contributed by atoms with Crippen LogP contribution >= 0.6 is 0 Å². The van der Waals surface area contributed by atoms with Gasteiger partial charge >= 0.3 is 0 Å². The van der Waals surface area contributed by atoms with Crippen LogP contribution in [0.15, 0.2) is 42.7 Å². The van der Waals surface area contributed by atoms with Crippen molar-refractivity contribution in [2.75, 3.05) is 5.32 Å². The lowest BCUT2D eigenvalue weighted by Gasteiger charge is -2.11. The first kappa shape index (κ1) is 14.3. The fourth-order valence-corrected chi connectivity index (χ4v) is 2.68. The van der Waals surface area contributed by atoms with Gasteiger partial charge in [0.25, 0.3) is 0 Å². The van der Waals surface area contributed by atoms with Crippen molar-refractivity contribution in [2.24, 2.45) is 0 Å². The van der Waals surface area contributed by atoms with Gasteiger partial charge in [-0.1, -0.05) is 12.1 Å². The number of fused-ring (bicyclic) bond motifs is 1. The van der Waals surface area contributed by atoms with E-state index >= 15 is 0 Å². The van der Waals surface area contributed by atoms with Gasteiger partial charge in [-0.2, -0.15) is 9.61 Å². The Morgan fingerprint density at radius 1 is 1.29 bits per heavy atom. The van der Waals surface area contributed by atoms with E-state index in [0.29, 0.717) is 24.2 Å². The molecule has 2 N–H and O–H groups in total. The summed E-state index contributed by atoms with van der Waals surface area (Å²) < 4.78 is 1.59. The minimum Gasteiger partial charge on any atom is -0.344 e. The van der Waals surface area contributed by atoms with Gasteiger partial charge in [-0.05, 0) is 30.7 Å². The SMILES string of the molecule is O=C1CCC(C(=O)Nc2cccc(-c3ccc4nncn4n3)c2)N1. The molecule has 0 radical (unpaired) electrons. The Bertz CT molecular complexity index is 935. The number of nitrogens with zero attached hydrogens (tertiary/aromatic N) is 4. The molecule has 1 aliphatic heterocycles. The molecule has 1 unspecified atom stereocenters. The summed E-state index contributed by atoms with van der Waals surface area (Å²) in [5.74, 6) is -0.296. The zero-order valence-electron chi connectivity index (χ0n) is 12.6. The topological polar surface area (TPSA) is 101 Å². The quantitative estimate of drug-likeness (QED) is 0.749. The second-order valence-electron chi connectivity index (χ2n) is 5.58. The zero-order valence-corrected chi connectivity index (χ0v) is 12.6. The van der Waals surface area contributed by atoms with Crippen molar-refractivity contribution < 1.29 is 9.59 Å². The van der Waals surface area contributed by atoms with Crippen molar-refractivity contribution >= 4 is 23.1 Å². The molecule has 3 aromatic rings. The van der Waals surface area contributed by atoms with Gasteiger partial charge in [0, 0.05) is 17.7 Å². The summed E-state index contributed by atoms with van der Waals surface area (Å²) in [4.78, 5) is 23.4. The molecule has 1 aliphatic rings. The van der Waals surface area contributed by atoms with E-state index < -0.39 is 6.04 Å². The van der Waals surface area contributed by atoms with E-state index in [9.17, 15) is 9.59 Å². The number of benzene rings is 1. The fraction of sp³-hybridized carbons (Fsp3) is 0.188. The van der Waals surface area contributed by atoms with Gasteiger partial charge in [0.05, 0.1) is 5.69 Å². The molecule has 1 aromatic carbocycles. The van der Waals surface area contributed by atoms with Gasteiger partial charge in [0.15, 0.2) is 5.65 Å². The van der Waals surface area contributed by atoms with E-state index in [0.717, 1.165) is 11.3 Å². The Hall–Kier alpha value is -3.29. The lowest BCUT2D eigenvalue weighted by molar-refractivity contribution is -0.122. The number of rotatable bonds is 3. The van der Waals surface area contributed by atoms with Crippen LogP contribution in [0.5, 0.6) is 0 Å². The summed E-state index contributed by atoms with van der Waals surface area (Å²) in [5.41, 5.74) is 2.93. The second-order valence-corrected chi connectivity index (χ2v) is 5.58. The molecule has 8 heteroatoms. The monoisotopic (exact) mass is 322 g/mol. The highest BCUT2D eigenvalue weighted by Gasteiger charge is 2.27. The first-order chi connectivity index (χ1) is 11.7. The van der Waals surface area contributed by atoms with Crippen molar-refractivity contribution in [1.82, 2.24) is 25.1 Å². The number of hydrogen-bond donors (Lipinski definition) is 2. The van der Waals surface area contributed by atoms with Crippen molar-refractivity contribution in [2.45, 2.75) is 18.9 Å². The molecule has 3 heterocycles. The summed E-state index contributed by atoms with van der Waals surface area (Å²) in [6.07, 6.45) is 2.45. The second kappa shape index (κ2) is 5.73. The predicted molar refractivity (Wildman–Crippen MR) is 86.0 cm³/mol. The van der Waals surface area contributed by atoms with Crippen molar-refractivity contribution in [3.8, 4) is 11.3 Å². The smallest absolute Gasteiger partial charge is 0.246 e. The minimum absolute atomic E-state index is 0.0876. The van der Waals surface area contributed by atoms with Crippen LogP contribution < -0.4 is 10.6 Å². The maximum absolute atomic E-state index is 12.2. The van der Waals surface area contributed by atoms with E-state index in [-0.39, 0.29) is 11.8 Å². The molecule has 4 rings (SSSR count). The summed E-state index contributed by atoms with van der Waals surface area (Å²) >= 11 is 0. The Labute approximate surface area is 136 Å². The largest absolute Gasteiger partial charge is 0.344 e. The molecule has 0 bridgehead atoms. The Morgan fingerprint density at radius 3 is 3.04 bits per heavy atom. The highest BCUT2D eigenvalue weighted by molar-refractivity contribution is 5.99. The molecule has 1 fully saturated rings. The summed E-state index contributed by atoms with van der Waals surface area (Å²) in [6.45, 7) is 0. The molecule has 2 aromatic heterocycles. The van der Waals surface area contributed by atoms with Crippen molar-refractivity contribution in [3.05, 3.63) is 42.7 Å². The number of hydrogen-bond acceptors (Lipinski definition) is 5. The van der Waals surface area contributed by atoms with E-state index in [2.05, 4.69) is 25.9 Å². The molecule has 2 amide bonds. The van der Waals surface area contributed by atoms with E-state index in [4.69, 9.17) is 0 Å². The number of aromatic nitrogens is 4. The molecule has 0 spiro atoms. The summed E-state index contributed by atoms with van der Waals surface area (Å²) in [5, 5.41) is 17.6. The first-order valence-electron chi connectivity index (χ1n) is 7.57. The zero-order chi connectivity index (χ0) is 16.5. The number of carbonyl (C=O) groups excluding carboxylic acids is 2. The van der Waals surface area contributed by atoms with Crippen LogP contribution in [-0.4, -0.2) is 37.7 Å². The van der Waals surface area contributed by atoms with Crippen LogP contribution in [0.1, 0.15) is 12.8 Å². The molecule has 8 nitrogen and oxygen atoms in total. The molecule has 24 heavy (non-hydrogen) atoms. The molecule has 1 atom stereocenters. The Morgan fingerprint density at radius 2 is 2.21 bits per heavy atom. The highest BCUT2D eigenvalue weighted by atomic mass is 16.2. The van der Waals surface area contributed by atoms with Gasteiger partial charge in [0.2, 0.25) is 11.8 Å². The van der Waals surface area contributed by atoms with Crippen LogP contribution in [0.4, 0.5) is 5.69 Å². The van der Waals surface area contributed by atoms with Gasteiger partial charge in [0.1, 0.15) is 12.4 Å². The van der Waals surface area contributed by atoms with Crippen LogP contribution in [0.3, 0.4) is 0 Å². The maximum atomic E-state index is 12.2. The number of anilines is 1. The third-order valence-corrected chi connectivity index (χ3v) is 3.90. The summed E-state index contributed by atoms with van der Waals surface area (Å²) in [6, 6.07) is 10.6. The standard InChI is InChI=1S/C16H14N6O2/c23-15-7-5-13(19-15)16(24)18-11-3-1-2-10(8-11)12-4-6-14-20-17-9-22(14)21-12/h1-4,6,8-9,13H,5,7H2,(H,18,24)(H,19,23). The predicted octanol–water partition coefficient (Wildman–Crippen LogP) is 1.01. The van der Waals surface area contributed by atoms with E-state index in [1.54, 1.807) is 10.6 Å². The number of nitrogens with one attached hydrogen (secondary N) is 2. The minimum atomic E-state index is -0.465. The van der Waals surface area contributed by atoms with Crippen LogP contribution in [-0.2, 0) is 9.59 Å². The average Bonchev–Trinajstić information content (AvgIpc) is 3.23. The molecule has 0 saturated carbocycles. The summed E-state index contributed by atoms with van der Waals surface area (Å²) in [7, 11) is 0. The normalized spacial score (nSPS) is 17.0. The Balaban J connectivity index is 1.56. The van der Waals surface area contributed by atoms with Gasteiger partial charge in [-0.15, -0.1) is 10.2 Å². The van der Waals surface area contributed by atoms with Crippen LogP contribution in [0.2, 0.25) is 0 Å². The van der Waals surface area contributed by atoms with Gasteiger partial charge < -0.3 is 10.6 Å². The third kappa shape index (κ3) is 2.69. The van der Waals surface area contributed by atoms with Gasteiger partial charge in [-0.25, -0.2) is 0 Å². The van der Waals surface area contributed by atoms with Gasteiger partial charge in [-0.3, -0.25) is 9.59 Å². The lowest BCUT2D eigenvalue weighted by Crippen LogP contribution is -2.37. The lowest BCUT2D eigenvalue weighted by atomic mass is 10.1.